The van der Waals surface area contributed by atoms with E-state index in [9.17, 15) is 9.59 Å². The zero-order valence-electron chi connectivity index (χ0n) is 21.0. The van der Waals surface area contributed by atoms with Crippen molar-refractivity contribution in [1.82, 2.24) is 0 Å². The highest BCUT2D eigenvalue weighted by molar-refractivity contribution is 7.00. The van der Waals surface area contributed by atoms with Gasteiger partial charge in [0.15, 0.2) is 0 Å². The van der Waals surface area contributed by atoms with E-state index in [4.69, 9.17) is 14.0 Å². The summed E-state index contributed by atoms with van der Waals surface area (Å²) in [6, 6.07) is 25.8. The number of benzene rings is 3. The number of esters is 1. The van der Waals surface area contributed by atoms with Crippen LogP contribution in [0.15, 0.2) is 84.0 Å². The summed E-state index contributed by atoms with van der Waals surface area (Å²) in [5.74, 6) is -0.103. The van der Waals surface area contributed by atoms with E-state index >= 15 is 0 Å². The van der Waals surface area contributed by atoms with Crippen molar-refractivity contribution in [1.29, 1.82) is 0 Å². The molecule has 35 heavy (non-hydrogen) atoms. The Bertz CT molecular complexity index is 1180. The minimum atomic E-state index is -2.87. The first-order valence-corrected chi connectivity index (χ1v) is 13.3. The summed E-state index contributed by atoms with van der Waals surface area (Å²) >= 11 is 0. The predicted octanol–water partition coefficient (Wildman–Crippen LogP) is 4.84. The van der Waals surface area contributed by atoms with Crippen LogP contribution in [0.5, 0.6) is 11.5 Å². The molecule has 0 fully saturated rings. The molecule has 0 radical (unpaired) electrons. The van der Waals surface area contributed by atoms with Crippen molar-refractivity contribution in [2.24, 2.45) is 5.16 Å². The molecule has 0 aliphatic carbocycles. The van der Waals surface area contributed by atoms with Gasteiger partial charge in [-0.25, -0.2) is 4.79 Å². The zero-order valence-corrected chi connectivity index (χ0v) is 22.0. The fraction of sp³-hybridized carbons (Fsp3) is 0.250. The lowest BCUT2D eigenvalue weighted by Gasteiger charge is -2.43. The van der Waals surface area contributed by atoms with Crippen molar-refractivity contribution in [3.05, 3.63) is 84.4 Å². The fourth-order valence-electron chi connectivity index (χ4n) is 4.11. The van der Waals surface area contributed by atoms with Crippen LogP contribution in [-0.4, -0.2) is 26.0 Å². The van der Waals surface area contributed by atoms with E-state index in [-0.39, 0.29) is 5.04 Å². The van der Waals surface area contributed by atoms with Crippen molar-refractivity contribution in [3.8, 4) is 11.5 Å². The third-order valence-corrected chi connectivity index (χ3v) is 10.5. The Balaban J connectivity index is 2.21. The first kappa shape index (κ1) is 25.9. The second-order valence-electron chi connectivity index (χ2n) is 9.28. The van der Waals surface area contributed by atoms with E-state index in [0.29, 0.717) is 22.8 Å². The molecule has 0 spiro atoms. The zero-order chi connectivity index (χ0) is 25.6. The number of hydrogen-bond acceptors (Lipinski definition) is 6. The van der Waals surface area contributed by atoms with Gasteiger partial charge in [0.05, 0.1) is 5.71 Å². The summed E-state index contributed by atoms with van der Waals surface area (Å²) in [7, 11) is -2.87. The molecule has 7 heteroatoms. The molecule has 0 saturated carbocycles. The highest BCUT2D eigenvalue weighted by Crippen LogP contribution is 2.38. The van der Waals surface area contributed by atoms with Crippen LogP contribution in [0.2, 0.25) is 5.04 Å². The molecular formula is C28H31NO5Si. The van der Waals surface area contributed by atoms with E-state index in [1.165, 1.54) is 13.8 Å². The average Bonchev–Trinajstić information content (AvgIpc) is 2.81. The number of carbonyl (C=O) groups excluding carboxylic acids is 2. The Kier molecular flexibility index (Phi) is 7.91. The van der Waals surface area contributed by atoms with Crippen LogP contribution in [0.3, 0.4) is 0 Å². The summed E-state index contributed by atoms with van der Waals surface area (Å²) in [6.45, 7) is 10.9. The minimum Gasteiger partial charge on any atom is -0.534 e. The number of nitrogens with zero attached hydrogens (tertiary/aromatic N) is 1. The second-order valence-corrected chi connectivity index (χ2v) is 13.5. The summed E-state index contributed by atoms with van der Waals surface area (Å²) in [6.07, 6.45) is 0. The molecule has 0 aliphatic rings. The van der Waals surface area contributed by atoms with Crippen molar-refractivity contribution in [2.75, 3.05) is 0 Å². The number of hydrogen-bond donors (Lipinski definition) is 0. The molecule has 3 aromatic carbocycles. The molecule has 182 valence electrons. The number of oxime groups is 1. The Morgan fingerprint density at radius 3 is 1.77 bits per heavy atom. The van der Waals surface area contributed by atoms with Crippen LogP contribution in [0.4, 0.5) is 0 Å². The van der Waals surface area contributed by atoms with Gasteiger partial charge in [0.25, 0.3) is 0 Å². The van der Waals surface area contributed by atoms with E-state index < -0.39 is 20.3 Å². The molecule has 3 rings (SSSR count). The Morgan fingerprint density at radius 2 is 1.31 bits per heavy atom. The maximum atomic E-state index is 11.7. The monoisotopic (exact) mass is 489 g/mol. The third kappa shape index (κ3) is 5.86. The maximum absolute atomic E-state index is 11.7. The van der Waals surface area contributed by atoms with Gasteiger partial charge in [0.2, 0.25) is 0 Å². The van der Waals surface area contributed by atoms with Crippen LogP contribution < -0.4 is 19.5 Å². The van der Waals surface area contributed by atoms with Gasteiger partial charge in [-0.15, -0.1) is 0 Å². The van der Waals surface area contributed by atoms with Crippen LogP contribution >= 0.6 is 0 Å². The van der Waals surface area contributed by atoms with Crippen LogP contribution in [0, 0.1) is 0 Å². The highest BCUT2D eigenvalue weighted by Gasteiger charge is 2.52. The predicted molar refractivity (Wildman–Crippen MR) is 140 cm³/mol. The summed E-state index contributed by atoms with van der Waals surface area (Å²) < 4.78 is 12.4. The van der Waals surface area contributed by atoms with E-state index in [1.807, 2.05) is 36.4 Å². The first-order valence-electron chi connectivity index (χ1n) is 11.4. The first-order chi connectivity index (χ1) is 16.5. The Labute approximate surface area is 207 Å². The second kappa shape index (κ2) is 10.7. The molecule has 0 heterocycles. The van der Waals surface area contributed by atoms with Gasteiger partial charge in [0.1, 0.15) is 11.5 Å². The topological polar surface area (TPSA) is 74.2 Å². The lowest BCUT2D eigenvalue weighted by Crippen LogP contribution is -2.68. The quantitative estimate of drug-likeness (QED) is 0.119. The molecule has 0 N–H and O–H groups in total. The summed E-state index contributed by atoms with van der Waals surface area (Å²) in [4.78, 5) is 27.8. The lowest BCUT2D eigenvalue weighted by molar-refractivity contribution is -0.141. The van der Waals surface area contributed by atoms with Gasteiger partial charge >= 0.3 is 20.3 Å². The van der Waals surface area contributed by atoms with Crippen LogP contribution in [0.1, 0.15) is 47.1 Å². The molecule has 3 aromatic rings. The number of rotatable bonds is 7. The van der Waals surface area contributed by atoms with E-state index in [2.05, 4.69) is 50.2 Å². The maximum Gasteiger partial charge on any atom is 0.331 e. The smallest absolute Gasteiger partial charge is 0.331 e. The molecule has 0 bridgehead atoms. The van der Waals surface area contributed by atoms with Gasteiger partial charge in [0, 0.05) is 19.4 Å². The van der Waals surface area contributed by atoms with Gasteiger partial charge in [-0.05, 0) is 40.5 Å². The third-order valence-electron chi connectivity index (χ3n) is 5.59. The van der Waals surface area contributed by atoms with Gasteiger partial charge in [-0.2, -0.15) is 0 Å². The van der Waals surface area contributed by atoms with Crippen molar-refractivity contribution in [3.63, 3.8) is 0 Å². The van der Waals surface area contributed by atoms with Crippen LogP contribution in [0.25, 0.3) is 0 Å². The molecule has 0 saturated heterocycles. The molecule has 0 aliphatic heterocycles. The van der Waals surface area contributed by atoms with Gasteiger partial charge in [-0.3, -0.25) is 4.79 Å². The molecule has 6 nitrogen and oxygen atoms in total. The highest BCUT2D eigenvalue weighted by atomic mass is 28.4. The summed E-state index contributed by atoms with van der Waals surface area (Å²) in [5, 5.41) is 5.93. The van der Waals surface area contributed by atoms with Crippen molar-refractivity contribution in [2.45, 2.75) is 46.6 Å². The average molecular weight is 490 g/mol. The molecule has 0 atom stereocenters. The Hall–Kier alpha value is -3.71. The van der Waals surface area contributed by atoms with Crippen molar-refractivity contribution < 1.29 is 23.6 Å². The molecular weight excluding hydrogens is 458 g/mol. The SMILES string of the molecule is CC(=O)O/N=C(\C)c1cc(O[Si](c2ccccc2)(c2ccccc2)C(C)(C)C)ccc1OC(C)=O. The number of ether oxygens (including phenoxy) is 1. The summed E-state index contributed by atoms with van der Waals surface area (Å²) in [5.41, 5.74) is 0.876. The molecule has 0 unspecified atom stereocenters. The van der Waals surface area contributed by atoms with Crippen LogP contribution in [-0.2, 0) is 14.4 Å². The van der Waals surface area contributed by atoms with E-state index in [0.717, 1.165) is 10.4 Å². The molecule has 0 amide bonds. The Morgan fingerprint density at radius 1 is 0.771 bits per heavy atom. The lowest BCUT2D eigenvalue weighted by atomic mass is 10.1. The largest absolute Gasteiger partial charge is 0.534 e. The van der Waals surface area contributed by atoms with E-state index in [1.54, 1.807) is 25.1 Å². The normalized spacial score (nSPS) is 12.1. The fourth-order valence-corrected chi connectivity index (χ4v) is 8.52. The van der Waals surface area contributed by atoms with Gasteiger partial charge < -0.3 is 14.0 Å². The molecule has 0 aromatic heterocycles. The standard InChI is InChI=1S/C28H31NO5Si/c1-20(29-33-22(3)31)26-19-23(17-18-27(26)32-21(2)30)34-35(28(4,5)6,24-13-9-7-10-14-24)25-15-11-8-12-16-25/h7-19H,1-6H3/b29-20+. The minimum absolute atomic E-state index is 0.231. The van der Waals surface area contributed by atoms with Crippen molar-refractivity contribution >= 4 is 36.3 Å². The van der Waals surface area contributed by atoms with Gasteiger partial charge in [-0.1, -0.05) is 86.6 Å². The number of carbonyl (C=O) groups is 2.